The quantitative estimate of drug-likeness (QED) is 0.751. The second kappa shape index (κ2) is 8.43. The van der Waals surface area contributed by atoms with E-state index in [0.717, 1.165) is 42.3 Å². The molecule has 0 fully saturated rings. The Morgan fingerprint density at radius 2 is 1.19 bits per heavy atom. The lowest BCUT2D eigenvalue weighted by molar-refractivity contribution is 0.466. The molecule has 21 heavy (non-hydrogen) atoms. The van der Waals surface area contributed by atoms with Crippen molar-refractivity contribution in [2.75, 3.05) is 6.54 Å². The van der Waals surface area contributed by atoms with Gasteiger partial charge in [0.25, 0.3) is 0 Å². The molecule has 2 rings (SSSR count). The van der Waals surface area contributed by atoms with Crippen molar-refractivity contribution in [2.45, 2.75) is 25.7 Å². The molecule has 0 unspecified atom stereocenters. The van der Waals surface area contributed by atoms with Crippen molar-refractivity contribution in [3.63, 3.8) is 0 Å². The summed E-state index contributed by atoms with van der Waals surface area (Å²) in [5.74, 6) is 0.593. The van der Waals surface area contributed by atoms with Crippen LogP contribution in [0.25, 0.3) is 0 Å². The van der Waals surface area contributed by atoms with Gasteiger partial charge in [-0.15, -0.1) is 0 Å². The summed E-state index contributed by atoms with van der Waals surface area (Å²) in [5, 5.41) is 1.57. The van der Waals surface area contributed by atoms with Crippen molar-refractivity contribution < 1.29 is 0 Å². The van der Waals surface area contributed by atoms with Gasteiger partial charge in [-0.1, -0.05) is 47.5 Å². The fraction of sp³-hybridized carbons (Fsp3) is 0.333. The topological polar surface area (TPSA) is 26.0 Å². The molecule has 0 aliphatic rings. The molecule has 0 aliphatic heterocycles. The smallest absolute Gasteiger partial charge is 0.0406 e. The van der Waals surface area contributed by atoms with Crippen LogP contribution in [0.5, 0.6) is 0 Å². The third-order valence-electron chi connectivity index (χ3n) is 3.69. The summed E-state index contributed by atoms with van der Waals surface area (Å²) >= 11 is 11.9. The maximum atomic E-state index is 5.95. The summed E-state index contributed by atoms with van der Waals surface area (Å²) in [6.07, 6.45) is 4.31. The Morgan fingerprint density at radius 3 is 1.57 bits per heavy atom. The Balaban J connectivity index is 2.02. The van der Waals surface area contributed by atoms with Gasteiger partial charge in [0.1, 0.15) is 0 Å². The van der Waals surface area contributed by atoms with E-state index < -0.39 is 0 Å². The van der Waals surface area contributed by atoms with Gasteiger partial charge < -0.3 is 5.73 Å². The van der Waals surface area contributed by atoms with Crippen LogP contribution in [0, 0.1) is 5.92 Å². The highest BCUT2D eigenvalue weighted by Crippen LogP contribution is 2.21. The highest BCUT2D eigenvalue weighted by Gasteiger charge is 2.11. The summed E-state index contributed by atoms with van der Waals surface area (Å²) in [4.78, 5) is 0. The number of nitrogens with two attached hydrogens (primary N) is 1. The molecule has 2 aromatic rings. The van der Waals surface area contributed by atoms with Gasteiger partial charge in [0.05, 0.1) is 0 Å². The highest BCUT2D eigenvalue weighted by atomic mass is 35.5. The number of rotatable bonds is 7. The van der Waals surface area contributed by atoms with Gasteiger partial charge >= 0.3 is 0 Å². The zero-order chi connectivity index (χ0) is 15.1. The second-order valence-corrected chi connectivity index (χ2v) is 6.33. The van der Waals surface area contributed by atoms with Crippen LogP contribution in [-0.4, -0.2) is 6.54 Å². The van der Waals surface area contributed by atoms with Gasteiger partial charge in [0, 0.05) is 10.0 Å². The lowest BCUT2D eigenvalue weighted by Gasteiger charge is -2.17. The zero-order valence-electron chi connectivity index (χ0n) is 12.1. The first-order chi connectivity index (χ1) is 10.2. The van der Waals surface area contributed by atoms with Gasteiger partial charge in [-0.25, -0.2) is 0 Å². The predicted octanol–water partition coefficient (Wildman–Crippen LogP) is 5.13. The average Bonchev–Trinajstić information content (AvgIpc) is 2.49. The standard InChI is InChI=1S/C18H21Cl2N/c19-17-7-3-14(4-8-17)12-16(2-1-11-21)13-15-5-9-18(20)10-6-15/h3-10,16H,1-2,11-13,21H2. The molecule has 0 aromatic heterocycles. The average molecular weight is 322 g/mol. The zero-order valence-corrected chi connectivity index (χ0v) is 13.6. The first-order valence-electron chi connectivity index (χ1n) is 7.36. The summed E-state index contributed by atoms with van der Waals surface area (Å²) in [6, 6.07) is 16.3. The number of halogens is 2. The highest BCUT2D eigenvalue weighted by molar-refractivity contribution is 6.30. The molecule has 0 saturated carbocycles. The number of hydrogen-bond donors (Lipinski definition) is 1. The molecule has 0 saturated heterocycles. The van der Waals surface area contributed by atoms with Crippen molar-refractivity contribution in [3.8, 4) is 0 Å². The Kier molecular flexibility index (Phi) is 6.56. The largest absolute Gasteiger partial charge is 0.330 e. The molecule has 0 spiro atoms. The van der Waals surface area contributed by atoms with Crippen LogP contribution in [0.1, 0.15) is 24.0 Å². The fourth-order valence-corrected chi connectivity index (χ4v) is 2.84. The minimum Gasteiger partial charge on any atom is -0.330 e. The van der Waals surface area contributed by atoms with E-state index in [1.165, 1.54) is 11.1 Å². The van der Waals surface area contributed by atoms with Gasteiger partial charge in [0.15, 0.2) is 0 Å². The van der Waals surface area contributed by atoms with Crippen LogP contribution >= 0.6 is 23.2 Å². The Bertz CT molecular complexity index is 487. The van der Waals surface area contributed by atoms with E-state index in [9.17, 15) is 0 Å². The summed E-state index contributed by atoms with van der Waals surface area (Å²) in [6.45, 7) is 0.748. The number of hydrogen-bond acceptors (Lipinski definition) is 1. The van der Waals surface area contributed by atoms with Crippen LogP contribution < -0.4 is 5.73 Å². The van der Waals surface area contributed by atoms with Crippen molar-refractivity contribution in [2.24, 2.45) is 11.7 Å². The molecule has 3 heteroatoms. The molecule has 2 N–H and O–H groups in total. The van der Waals surface area contributed by atoms with Crippen molar-refractivity contribution in [3.05, 3.63) is 69.7 Å². The molecular formula is C18H21Cl2N. The molecule has 0 radical (unpaired) electrons. The first kappa shape index (κ1) is 16.4. The van der Waals surface area contributed by atoms with Gasteiger partial charge in [-0.3, -0.25) is 0 Å². The van der Waals surface area contributed by atoms with Crippen molar-refractivity contribution in [1.29, 1.82) is 0 Å². The predicted molar refractivity (Wildman–Crippen MR) is 92.1 cm³/mol. The molecule has 0 heterocycles. The monoisotopic (exact) mass is 321 g/mol. The lowest BCUT2D eigenvalue weighted by atomic mass is 9.89. The normalized spacial score (nSPS) is 11.0. The van der Waals surface area contributed by atoms with Gasteiger partial charge in [-0.2, -0.15) is 0 Å². The Morgan fingerprint density at radius 1 is 0.762 bits per heavy atom. The maximum Gasteiger partial charge on any atom is 0.0406 e. The van der Waals surface area contributed by atoms with Crippen LogP contribution in [0.4, 0.5) is 0 Å². The van der Waals surface area contributed by atoms with Crippen LogP contribution in [0.15, 0.2) is 48.5 Å². The first-order valence-corrected chi connectivity index (χ1v) is 8.12. The lowest BCUT2D eigenvalue weighted by Crippen LogP contribution is -2.11. The third kappa shape index (κ3) is 5.70. The molecule has 1 nitrogen and oxygen atoms in total. The molecule has 0 atom stereocenters. The minimum absolute atomic E-state index is 0.593. The van der Waals surface area contributed by atoms with E-state index in [1.54, 1.807) is 0 Å². The molecule has 0 amide bonds. The fourth-order valence-electron chi connectivity index (χ4n) is 2.59. The third-order valence-corrected chi connectivity index (χ3v) is 4.20. The number of benzene rings is 2. The van der Waals surface area contributed by atoms with E-state index in [-0.39, 0.29) is 0 Å². The van der Waals surface area contributed by atoms with Crippen molar-refractivity contribution in [1.82, 2.24) is 0 Å². The minimum atomic E-state index is 0.593. The van der Waals surface area contributed by atoms with Crippen LogP contribution in [0.3, 0.4) is 0 Å². The summed E-state index contributed by atoms with van der Waals surface area (Å²) in [7, 11) is 0. The molecule has 112 valence electrons. The summed E-state index contributed by atoms with van der Waals surface area (Å²) in [5.41, 5.74) is 8.33. The molecular weight excluding hydrogens is 301 g/mol. The Labute approximate surface area is 137 Å². The summed E-state index contributed by atoms with van der Waals surface area (Å²) < 4.78 is 0. The van der Waals surface area contributed by atoms with Crippen LogP contribution in [-0.2, 0) is 12.8 Å². The SMILES string of the molecule is NCCCC(Cc1ccc(Cl)cc1)Cc1ccc(Cl)cc1. The van der Waals surface area contributed by atoms with Crippen LogP contribution in [0.2, 0.25) is 10.0 Å². The van der Waals surface area contributed by atoms with E-state index in [4.69, 9.17) is 28.9 Å². The molecule has 0 aliphatic carbocycles. The Hall–Kier alpha value is -1.02. The van der Waals surface area contributed by atoms with Crippen molar-refractivity contribution >= 4 is 23.2 Å². The molecule has 0 bridgehead atoms. The van der Waals surface area contributed by atoms with Gasteiger partial charge in [-0.05, 0) is 73.5 Å². The van der Waals surface area contributed by atoms with Gasteiger partial charge in [0.2, 0.25) is 0 Å². The van der Waals surface area contributed by atoms with E-state index >= 15 is 0 Å². The van der Waals surface area contributed by atoms with E-state index in [1.807, 2.05) is 24.3 Å². The van der Waals surface area contributed by atoms with E-state index in [2.05, 4.69) is 24.3 Å². The second-order valence-electron chi connectivity index (χ2n) is 5.46. The molecule has 2 aromatic carbocycles. The maximum absolute atomic E-state index is 5.95. The van der Waals surface area contributed by atoms with E-state index in [0.29, 0.717) is 5.92 Å².